The van der Waals surface area contributed by atoms with Gasteiger partial charge in [0.2, 0.25) is 0 Å². The Morgan fingerprint density at radius 3 is 2.44 bits per heavy atom. The molecule has 0 amide bonds. The summed E-state index contributed by atoms with van der Waals surface area (Å²) in [6, 6.07) is 0. The predicted octanol–water partition coefficient (Wildman–Crippen LogP) is 2.53. The van der Waals surface area contributed by atoms with Gasteiger partial charge in [0.15, 0.2) is 0 Å². The maximum Gasteiger partial charge on any atom is 0.146 e. The van der Waals surface area contributed by atoms with Crippen LogP contribution in [0.1, 0.15) is 46.0 Å². The second-order valence-corrected chi connectivity index (χ2v) is 5.96. The van der Waals surface area contributed by atoms with Gasteiger partial charge in [-0.3, -0.25) is 0 Å². The maximum atomic E-state index is 4.60. The van der Waals surface area contributed by atoms with Crippen LogP contribution in [0.25, 0.3) is 0 Å². The van der Waals surface area contributed by atoms with Gasteiger partial charge < -0.3 is 0 Å². The minimum absolute atomic E-state index is 0.118. The van der Waals surface area contributed by atoms with Crippen molar-refractivity contribution in [2.24, 2.45) is 22.1 Å². The molecule has 1 aliphatic carbocycles. The number of fused-ring (bicyclic) bond motifs is 1. The van der Waals surface area contributed by atoms with E-state index in [1.165, 1.54) is 32.1 Å². The van der Waals surface area contributed by atoms with Crippen LogP contribution in [-0.4, -0.2) is 23.4 Å². The first-order valence-corrected chi connectivity index (χ1v) is 6.52. The Bertz CT molecular complexity index is 329. The molecule has 2 bridgehead atoms. The lowest BCUT2D eigenvalue weighted by Gasteiger charge is -2.58. The van der Waals surface area contributed by atoms with Crippen molar-refractivity contribution in [1.29, 1.82) is 0 Å². The van der Waals surface area contributed by atoms with Crippen molar-refractivity contribution in [2.45, 2.75) is 57.3 Å². The first kappa shape index (κ1) is 10.7. The second-order valence-electron chi connectivity index (χ2n) is 5.96. The largest absolute Gasteiger partial charge is 0.225 e. The summed E-state index contributed by atoms with van der Waals surface area (Å²) in [5.41, 5.74) is 3.26. The molecule has 0 spiro atoms. The molecular formula is C12H22N4. The fraction of sp³-hybridized carbons (Fsp3) is 1.00. The first-order chi connectivity index (χ1) is 7.56. The van der Waals surface area contributed by atoms with Crippen LogP contribution in [0.4, 0.5) is 0 Å². The fourth-order valence-electron chi connectivity index (χ4n) is 3.86. The third-order valence-electron chi connectivity index (χ3n) is 4.97. The van der Waals surface area contributed by atoms with Gasteiger partial charge in [0.05, 0.1) is 0 Å². The van der Waals surface area contributed by atoms with Crippen LogP contribution in [0, 0.1) is 11.8 Å². The molecule has 0 aromatic carbocycles. The highest BCUT2D eigenvalue weighted by Gasteiger charge is 2.58. The zero-order valence-corrected chi connectivity index (χ0v) is 10.5. The Morgan fingerprint density at radius 1 is 1.06 bits per heavy atom. The van der Waals surface area contributed by atoms with Crippen LogP contribution >= 0.6 is 0 Å². The molecule has 4 rings (SSSR count). The molecule has 1 N–H and O–H groups in total. The van der Waals surface area contributed by atoms with E-state index >= 15 is 0 Å². The standard InChI is InChI=1S/C12H22N4/c1-11-9-7-5-4-6-8-10(9)12(2,14-13-11)16(3)15-11/h9-10,15H,4-8H2,1-3H3. The minimum atomic E-state index is -0.151. The van der Waals surface area contributed by atoms with Crippen molar-refractivity contribution in [3.8, 4) is 0 Å². The first-order valence-electron chi connectivity index (χ1n) is 6.52. The van der Waals surface area contributed by atoms with Crippen LogP contribution in [0.3, 0.4) is 0 Å². The molecule has 4 nitrogen and oxygen atoms in total. The molecule has 3 heterocycles. The molecule has 4 unspecified atom stereocenters. The van der Waals surface area contributed by atoms with Gasteiger partial charge in [-0.05, 0) is 26.7 Å². The zero-order chi connectivity index (χ0) is 11.4. The predicted molar refractivity (Wildman–Crippen MR) is 62.6 cm³/mol. The fourth-order valence-corrected chi connectivity index (χ4v) is 3.86. The quantitative estimate of drug-likeness (QED) is 0.684. The summed E-state index contributed by atoms with van der Waals surface area (Å²) in [5, 5.41) is 11.3. The number of hydrazine groups is 1. The summed E-state index contributed by atoms with van der Waals surface area (Å²) in [6.45, 7) is 4.43. The Kier molecular flexibility index (Phi) is 2.17. The van der Waals surface area contributed by atoms with E-state index in [9.17, 15) is 0 Å². The van der Waals surface area contributed by atoms with E-state index in [1.807, 2.05) is 0 Å². The van der Waals surface area contributed by atoms with Crippen molar-refractivity contribution < 1.29 is 0 Å². The SMILES string of the molecule is CN1NC2(C)N=NC1(C)C1CCCCCC12. The van der Waals surface area contributed by atoms with Crippen molar-refractivity contribution >= 4 is 0 Å². The third-order valence-corrected chi connectivity index (χ3v) is 4.97. The maximum absolute atomic E-state index is 4.60. The van der Waals surface area contributed by atoms with Crippen molar-refractivity contribution in [3.63, 3.8) is 0 Å². The third kappa shape index (κ3) is 1.23. The molecule has 3 aliphatic heterocycles. The highest BCUT2D eigenvalue weighted by molar-refractivity contribution is 5.07. The lowest BCUT2D eigenvalue weighted by atomic mass is 9.70. The van der Waals surface area contributed by atoms with Crippen LogP contribution in [0.2, 0.25) is 0 Å². The van der Waals surface area contributed by atoms with E-state index in [-0.39, 0.29) is 11.3 Å². The van der Waals surface area contributed by atoms with E-state index in [0.717, 1.165) is 0 Å². The van der Waals surface area contributed by atoms with Gasteiger partial charge in [0.25, 0.3) is 0 Å². The van der Waals surface area contributed by atoms with Crippen LogP contribution in [-0.2, 0) is 0 Å². The van der Waals surface area contributed by atoms with E-state index in [0.29, 0.717) is 11.8 Å². The molecule has 0 radical (unpaired) electrons. The van der Waals surface area contributed by atoms with Crippen LogP contribution in [0.15, 0.2) is 10.2 Å². The van der Waals surface area contributed by atoms with Crippen molar-refractivity contribution in [3.05, 3.63) is 0 Å². The van der Waals surface area contributed by atoms with Crippen molar-refractivity contribution in [1.82, 2.24) is 10.4 Å². The highest BCUT2D eigenvalue weighted by Crippen LogP contribution is 2.51. The minimum Gasteiger partial charge on any atom is -0.225 e. The molecule has 0 aromatic rings. The molecule has 0 aromatic heterocycles. The zero-order valence-electron chi connectivity index (χ0n) is 10.5. The van der Waals surface area contributed by atoms with E-state index < -0.39 is 0 Å². The molecule has 90 valence electrons. The number of nitrogens with zero attached hydrogens (tertiary/aromatic N) is 3. The number of hydrogen-bond donors (Lipinski definition) is 1. The van der Waals surface area contributed by atoms with Gasteiger partial charge in [-0.2, -0.15) is 10.2 Å². The van der Waals surface area contributed by atoms with Gasteiger partial charge in [-0.15, -0.1) is 0 Å². The smallest absolute Gasteiger partial charge is 0.146 e. The molecule has 16 heavy (non-hydrogen) atoms. The summed E-state index contributed by atoms with van der Waals surface area (Å²) in [5.74, 6) is 1.33. The monoisotopic (exact) mass is 222 g/mol. The Labute approximate surface area is 97.5 Å². The second kappa shape index (κ2) is 3.26. The lowest BCUT2D eigenvalue weighted by Crippen LogP contribution is -2.73. The van der Waals surface area contributed by atoms with Gasteiger partial charge in [-0.25, -0.2) is 10.4 Å². The van der Waals surface area contributed by atoms with Crippen LogP contribution in [0.5, 0.6) is 0 Å². The number of nitrogens with one attached hydrogen (secondary N) is 1. The lowest BCUT2D eigenvalue weighted by molar-refractivity contribution is -0.141. The summed E-state index contributed by atoms with van der Waals surface area (Å²) in [6.07, 6.45) is 6.70. The summed E-state index contributed by atoms with van der Waals surface area (Å²) in [4.78, 5) is 0. The summed E-state index contributed by atoms with van der Waals surface area (Å²) >= 11 is 0. The topological polar surface area (TPSA) is 40.0 Å². The molecular weight excluding hydrogens is 200 g/mol. The number of azo groups is 1. The normalized spacial score (nSPS) is 52.4. The molecule has 2 fully saturated rings. The number of hydrogen-bond acceptors (Lipinski definition) is 4. The molecule has 1 saturated heterocycles. The van der Waals surface area contributed by atoms with Gasteiger partial charge in [0, 0.05) is 18.9 Å². The average Bonchev–Trinajstić information content (AvgIpc) is 2.49. The molecule has 1 saturated carbocycles. The Hall–Kier alpha value is -0.480. The molecule has 4 atom stereocenters. The number of rotatable bonds is 0. The summed E-state index contributed by atoms with van der Waals surface area (Å²) < 4.78 is 0. The molecule has 4 aliphatic rings. The molecule has 4 heteroatoms. The van der Waals surface area contributed by atoms with Crippen molar-refractivity contribution in [2.75, 3.05) is 7.05 Å². The van der Waals surface area contributed by atoms with Gasteiger partial charge in [-0.1, -0.05) is 19.3 Å². The highest BCUT2D eigenvalue weighted by atomic mass is 15.7. The summed E-state index contributed by atoms with van der Waals surface area (Å²) in [7, 11) is 2.11. The average molecular weight is 222 g/mol. The van der Waals surface area contributed by atoms with Gasteiger partial charge >= 0.3 is 0 Å². The van der Waals surface area contributed by atoms with Crippen LogP contribution < -0.4 is 5.43 Å². The van der Waals surface area contributed by atoms with E-state index in [4.69, 9.17) is 0 Å². The Morgan fingerprint density at radius 2 is 1.75 bits per heavy atom. The Balaban J connectivity index is 2.04. The van der Waals surface area contributed by atoms with E-state index in [1.54, 1.807) is 0 Å². The van der Waals surface area contributed by atoms with E-state index in [2.05, 4.69) is 41.6 Å². The van der Waals surface area contributed by atoms with Gasteiger partial charge in [0.1, 0.15) is 11.3 Å².